The van der Waals surface area contributed by atoms with Crippen molar-refractivity contribution in [3.8, 4) is 17.1 Å². The molecule has 3 aliphatic heterocycles. The summed E-state index contributed by atoms with van der Waals surface area (Å²) in [4.78, 5) is 17.1. The maximum absolute atomic E-state index is 5.95. The number of aromatic nitrogens is 2. The third-order valence-corrected chi connectivity index (χ3v) is 7.00. The number of hydrogen-bond acceptors (Lipinski definition) is 7. The largest absolute Gasteiger partial charge is 0.494 e. The average Bonchev–Trinajstić information content (AvgIpc) is 3.53. The van der Waals surface area contributed by atoms with Crippen LogP contribution in [0.25, 0.3) is 11.4 Å². The molecule has 3 aliphatic rings. The van der Waals surface area contributed by atoms with Crippen molar-refractivity contribution in [2.75, 3.05) is 77.1 Å². The van der Waals surface area contributed by atoms with E-state index in [1.807, 2.05) is 18.3 Å². The van der Waals surface area contributed by atoms with Gasteiger partial charge in [0, 0.05) is 50.0 Å². The molecular weight excluding hydrogens is 414 g/mol. The van der Waals surface area contributed by atoms with Crippen LogP contribution < -0.4 is 9.64 Å². The SMILES string of the molecule is c1cc(-c2ncc3c(n2)N(CCCN2CCCC2)CC3)ccc1OCCCN1CCOCC1. The average molecular weight is 452 g/mol. The van der Waals surface area contributed by atoms with Crippen molar-refractivity contribution >= 4 is 5.82 Å². The van der Waals surface area contributed by atoms with E-state index < -0.39 is 0 Å². The van der Waals surface area contributed by atoms with Crippen LogP contribution in [-0.2, 0) is 11.2 Å². The predicted molar refractivity (Wildman–Crippen MR) is 131 cm³/mol. The Bertz CT molecular complexity index is 879. The summed E-state index contributed by atoms with van der Waals surface area (Å²) in [6, 6.07) is 8.22. The molecule has 4 heterocycles. The van der Waals surface area contributed by atoms with Crippen LogP contribution >= 0.6 is 0 Å². The highest BCUT2D eigenvalue weighted by Crippen LogP contribution is 2.28. The third kappa shape index (κ3) is 6.02. The summed E-state index contributed by atoms with van der Waals surface area (Å²) in [7, 11) is 0. The first-order valence-corrected chi connectivity index (χ1v) is 12.7. The fourth-order valence-corrected chi connectivity index (χ4v) is 5.06. The monoisotopic (exact) mass is 451 g/mol. The maximum atomic E-state index is 5.95. The van der Waals surface area contributed by atoms with Crippen LogP contribution in [0.15, 0.2) is 30.5 Å². The fraction of sp³-hybridized carbons (Fsp3) is 0.615. The number of benzene rings is 1. The minimum Gasteiger partial charge on any atom is -0.494 e. The molecule has 0 bridgehead atoms. The molecule has 0 spiro atoms. The Balaban J connectivity index is 1.12. The Morgan fingerprint density at radius 3 is 2.42 bits per heavy atom. The Morgan fingerprint density at radius 1 is 0.848 bits per heavy atom. The predicted octanol–water partition coefficient (Wildman–Crippen LogP) is 3.09. The van der Waals surface area contributed by atoms with E-state index in [1.165, 1.54) is 44.5 Å². The number of anilines is 1. The van der Waals surface area contributed by atoms with Crippen molar-refractivity contribution in [3.63, 3.8) is 0 Å². The lowest BCUT2D eigenvalue weighted by atomic mass is 10.2. The van der Waals surface area contributed by atoms with Gasteiger partial charge in [-0.15, -0.1) is 0 Å². The number of nitrogens with zero attached hydrogens (tertiary/aromatic N) is 5. The van der Waals surface area contributed by atoms with Gasteiger partial charge in [0.05, 0.1) is 19.8 Å². The molecule has 0 unspecified atom stereocenters. The van der Waals surface area contributed by atoms with Gasteiger partial charge in [0.2, 0.25) is 0 Å². The molecule has 0 amide bonds. The summed E-state index contributed by atoms with van der Waals surface area (Å²) in [5.74, 6) is 2.84. The van der Waals surface area contributed by atoms with E-state index in [0.717, 1.165) is 88.3 Å². The van der Waals surface area contributed by atoms with Crippen LogP contribution in [0.3, 0.4) is 0 Å². The molecular formula is C26H37N5O2. The van der Waals surface area contributed by atoms with Crippen LogP contribution in [0.5, 0.6) is 5.75 Å². The van der Waals surface area contributed by atoms with Gasteiger partial charge in [0.15, 0.2) is 5.82 Å². The lowest BCUT2D eigenvalue weighted by Gasteiger charge is -2.26. The minimum absolute atomic E-state index is 0.735. The molecule has 7 heteroatoms. The highest BCUT2D eigenvalue weighted by atomic mass is 16.5. The molecule has 5 rings (SSSR count). The van der Waals surface area contributed by atoms with Crippen LogP contribution in [-0.4, -0.2) is 91.9 Å². The molecule has 0 saturated carbocycles. The van der Waals surface area contributed by atoms with Crippen molar-refractivity contribution in [2.24, 2.45) is 0 Å². The van der Waals surface area contributed by atoms with Gasteiger partial charge in [-0.1, -0.05) is 0 Å². The fourth-order valence-electron chi connectivity index (χ4n) is 5.06. The van der Waals surface area contributed by atoms with Gasteiger partial charge < -0.3 is 19.3 Å². The van der Waals surface area contributed by atoms with Gasteiger partial charge in [0.25, 0.3) is 0 Å². The number of fused-ring (bicyclic) bond motifs is 1. The van der Waals surface area contributed by atoms with Crippen molar-refractivity contribution < 1.29 is 9.47 Å². The zero-order valence-corrected chi connectivity index (χ0v) is 19.8. The molecule has 0 radical (unpaired) electrons. The van der Waals surface area contributed by atoms with E-state index >= 15 is 0 Å². The van der Waals surface area contributed by atoms with Crippen molar-refractivity contribution in [2.45, 2.75) is 32.1 Å². The summed E-state index contributed by atoms with van der Waals surface area (Å²) in [5, 5.41) is 0. The van der Waals surface area contributed by atoms with Crippen LogP contribution in [0.2, 0.25) is 0 Å². The molecule has 2 saturated heterocycles. The summed E-state index contributed by atoms with van der Waals surface area (Å²) >= 11 is 0. The zero-order chi connectivity index (χ0) is 22.3. The van der Waals surface area contributed by atoms with E-state index in [0.29, 0.717) is 0 Å². The van der Waals surface area contributed by atoms with Gasteiger partial charge in [-0.05, 0) is 76.0 Å². The standard InChI is InChI=1S/C26H37N5O2/c1-2-11-29(10-1)12-3-14-31-15-9-23-21-27-25(28-26(23)31)22-5-7-24(8-6-22)33-18-4-13-30-16-19-32-20-17-30/h5-8,21H,1-4,9-20H2. The third-order valence-electron chi connectivity index (χ3n) is 7.00. The molecule has 178 valence electrons. The smallest absolute Gasteiger partial charge is 0.161 e. The van der Waals surface area contributed by atoms with E-state index in [1.54, 1.807) is 0 Å². The summed E-state index contributed by atoms with van der Waals surface area (Å²) in [6.45, 7) is 11.5. The molecule has 33 heavy (non-hydrogen) atoms. The maximum Gasteiger partial charge on any atom is 0.161 e. The molecule has 0 atom stereocenters. The van der Waals surface area contributed by atoms with Crippen molar-refractivity contribution in [1.82, 2.24) is 19.8 Å². The molecule has 2 fully saturated rings. The lowest BCUT2D eigenvalue weighted by molar-refractivity contribution is 0.0358. The van der Waals surface area contributed by atoms with Crippen molar-refractivity contribution in [1.29, 1.82) is 0 Å². The van der Waals surface area contributed by atoms with Gasteiger partial charge in [-0.3, -0.25) is 4.90 Å². The molecule has 1 aromatic heterocycles. The quantitative estimate of drug-likeness (QED) is 0.515. The van der Waals surface area contributed by atoms with Crippen molar-refractivity contribution in [3.05, 3.63) is 36.0 Å². The van der Waals surface area contributed by atoms with Crippen LogP contribution in [0, 0.1) is 0 Å². The van der Waals surface area contributed by atoms with Crippen LogP contribution in [0.1, 0.15) is 31.2 Å². The minimum atomic E-state index is 0.735. The molecule has 1 aromatic carbocycles. The summed E-state index contributed by atoms with van der Waals surface area (Å²) in [5.41, 5.74) is 2.32. The normalized spacial score (nSPS) is 19.2. The van der Waals surface area contributed by atoms with E-state index in [-0.39, 0.29) is 0 Å². The van der Waals surface area contributed by atoms with Gasteiger partial charge in [0.1, 0.15) is 11.6 Å². The van der Waals surface area contributed by atoms with Gasteiger partial charge >= 0.3 is 0 Å². The Labute approximate surface area is 197 Å². The lowest BCUT2D eigenvalue weighted by Crippen LogP contribution is -2.37. The summed E-state index contributed by atoms with van der Waals surface area (Å²) in [6.07, 6.45) is 8.03. The second-order valence-electron chi connectivity index (χ2n) is 9.36. The Kier molecular flexibility index (Phi) is 7.71. The number of morpholine rings is 1. The first-order valence-electron chi connectivity index (χ1n) is 12.7. The molecule has 2 aromatic rings. The Hall–Kier alpha value is -2.22. The number of rotatable bonds is 10. The first kappa shape index (κ1) is 22.6. The second kappa shape index (κ2) is 11.3. The van der Waals surface area contributed by atoms with Crippen LogP contribution in [0.4, 0.5) is 5.82 Å². The van der Waals surface area contributed by atoms with Gasteiger partial charge in [-0.25, -0.2) is 9.97 Å². The molecule has 0 aliphatic carbocycles. The van der Waals surface area contributed by atoms with E-state index in [2.05, 4.69) is 31.8 Å². The highest BCUT2D eigenvalue weighted by Gasteiger charge is 2.22. The first-order chi connectivity index (χ1) is 16.3. The zero-order valence-electron chi connectivity index (χ0n) is 19.8. The second-order valence-corrected chi connectivity index (χ2v) is 9.36. The van der Waals surface area contributed by atoms with E-state index in [9.17, 15) is 0 Å². The summed E-state index contributed by atoms with van der Waals surface area (Å²) < 4.78 is 11.4. The molecule has 0 N–H and O–H groups in total. The number of hydrogen-bond donors (Lipinski definition) is 0. The topological polar surface area (TPSA) is 54.0 Å². The van der Waals surface area contributed by atoms with Gasteiger partial charge in [-0.2, -0.15) is 0 Å². The molecule has 7 nitrogen and oxygen atoms in total. The Morgan fingerprint density at radius 2 is 1.61 bits per heavy atom. The number of ether oxygens (including phenoxy) is 2. The highest BCUT2D eigenvalue weighted by molar-refractivity contribution is 5.61. The number of likely N-dealkylation sites (tertiary alicyclic amines) is 1. The van der Waals surface area contributed by atoms with E-state index in [4.69, 9.17) is 14.5 Å².